The smallest absolute Gasteiger partial charge is 0.251 e. The summed E-state index contributed by atoms with van der Waals surface area (Å²) in [5.41, 5.74) is 2.57. The van der Waals surface area contributed by atoms with Crippen molar-refractivity contribution in [3.8, 4) is 17.2 Å². The molecule has 0 saturated heterocycles. The van der Waals surface area contributed by atoms with Crippen molar-refractivity contribution >= 4 is 16.8 Å². The fourth-order valence-electron chi connectivity index (χ4n) is 3.03. The molecular weight excluding hydrogens is 332 g/mol. The second-order valence-electron chi connectivity index (χ2n) is 5.75. The Kier molecular flexibility index (Phi) is 5.31. The van der Waals surface area contributed by atoms with Crippen LogP contribution >= 0.6 is 0 Å². The number of aromatic nitrogens is 1. The standard InChI is InChI=1S/C20H22N2O4/c1-24-16-11-15-17(19(26-3)18(16)25-2)14(12-22-15)9-10-21-20(23)13-7-5-4-6-8-13/h4-8,11-12,22H,9-10H2,1-3H3,(H,21,23). The molecule has 1 heterocycles. The number of amides is 1. The lowest BCUT2D eigenvalue weighted by atomic mass is 10.1. The van der Waals surface area contributed by atoms with E-state index in [1.54, 1.807) is 33.5 Å². The summed E-state index contributed by atoms with van der Waals surface area (Å²) >= 11 is 0. The van der Waals surface area contributed by atoms with Crippen LogP contribution in [0.2, 0.25) is 0 Å². The number of nitrogens with one attached hydrogen (secondary N) is 2. The molecule has 6 nitrogen and oxygen atoms in total. The molecule has 0 aliphatic carbocycles. The van der Waals surface area contributed by atoms with Crippen molar-refractivity contribution in [3.63, 3.8) is 0 Å². The van der Waals surface area contributed by atoms with Gasteiger partial charge in [-0.3, -0.25) is 4.79 Å². The van der Waals surface area contributed by atoms with E-state index in [2.05, 4.69) is 10.3 Å². The number of ether oxygens (including phenoxy) is 3. The molecule has 0 aliphatic heterocycles. The molecule has 2 aromatic carbocycles. The molecule has 26 heavy (non-hydrogen) atoms. The van der Waals surface area contributed by atoms with E-state index in [0.29, 0.717) is 35.8 Å². The number of hydrogen-bond acceptors (Lipinski definition) is 4. The summed E-state index contributed by atoms with van der Waals surface area (Å²) < 4.78 is 16.4. The zero-order chi connectivity index (χ0) is 18.5. The molecule has 3 aromatic rings. The van der Waals surface area contributed by atoms with Gasteiger partial charge < -0.3 is 24.5 Å². The summed E-state index contributed by atoms with van der Waals surface area (Å²) in [6.07, 6.45) is 2.57. The topological polar surface area (TPSA) is 72.6 Å². The Hall–Kier alpha value is -3.15. The second kappa shape index (κ2) is 7.82. The number of carbonyl (C=O) groups is 1. The molecule has 0 radical (unpaired) electrons. The minimum atomic E-state index is -0.0864. The Balaban J connectivity index is 1.81. The molecule has 3 rings (SSSR count). The largest absolute Gasteiger partial charge is 0.493 e. The van der Waals surface area contributed by atoms with Gasteiger partial charge in [0.05, 0.1) is 26.8 Å². The minimum Gasteiger partial charge on any atom is -0.493 e. The number of benzene rings is 2. The predicted molar refractivity (Wildman–Crippen MR) is 100 cm³/mol. The molecule has 0 saturated carbocycles. The number of fused-ring (bicyclic) bond motifs is 1. The fraction of sp³-hybridized carbons (Fsp3) is 0.250. The summed E-state index contributed by atoms with van der Waals surface area (Å²) in [5.74, 6) is 1.68. The lowest BCUT2D eigenvalue weighted by Gasteiger charge is -2.14. The van der Waals surface area contributed by atoms with Crippen LogP contribution in [0.4, 0.5) is 0 Å². The Bertz CT molecular complexity index is 903. The number of aromatic amines is 1. The number of rotatable bonds is 7. The number of hydrogen-bond donors (Lipinski definition) is 2. The highest BCUT2D eigenvalue weighted by molar-refractivity contribution is 5.95. The average Bonchev–Trinajstić information content (AvgIpc) is 3.09. The average molecular weight is 354 g/mol. The number of H-pyrrole nitrogens is 1. The first-order valence-corrected chi connectivity index (χ1v) is 8.31. The minimum absolute atomic E-state index is 0.0864. The van der Waals surface area contributed by atoms with Crippen molar-refractivity contribution in [2.24, 2.45) is 0 Å². The van der Waals surface area contributed by atoms with Crippen LogP contribution < -0.4 is 19.5 Å². The molecule has 0 bridgehead atoms. The number of methoxy groups -OCH3 is 3. The Morgan fingerprint density at radius 2 is 1.77 bits per heavy atom. The molecule has 0 spiro atoms. The quantitative estimate of drug-likeness (QED) is 0.684. The highest BCUT2D eigenvalue weighted by atomic mass is 16.5. The van der Waals surface area contributed by atoms with Gasteiger partial charge >= 0.3 is 0 Å². The van der Waals surface area contributed by atoms with Crippen LogP contribution in [-0.4, -0.2) is 38.8 Å². The maximum absolute atomic E-state index is 12.2. The molecule has 1 amide bonds. The highest BCUT2D eigenvalue weighted by Gasteiger charge is 2.19. The fourth-order valence-corrected chi connectivity index (χ4v) is 3.03. The van der Waals surface area contributed by atoms with Gasteiger partial charge in [0.25, 0.3) is 5.91 Å². The van der Waals surface area contributed by atoms with E-state index in [4.69, 9.17) is 14.2 Å². The van der Waals surface area contributed by atoms with Gasteiger partial charge in [-0.1, -0.05) is 18.2 Å². The van der Waals surface area contributed by atoms with Crippen molar-refractivity contribution in [2.45, 2.75) is 6.42 Å². The van der Waals surface area contributed by atoms with E-state index in [0.717, 1.165) is 16.5 Å². The Morgan fingerprint density at radius 1 is 1.04 bits per heavy atom. The van der Waals surface area contributed by atoms with Gasteiger partial charge in [-0.25, -0.2) is 0 Å². The third-order valence-corrected chi connectivity index (χ3v) is 4.27. The van der Waals surface area contributed by atoms with Crippen LogP contribution in [-0.2, 0) is 6.42 Å². The van der Waals surface area contributed by atoms with Crippen LogP contribution in [0.3, 0.4) is 0 Å². The maximum atomic E-state index is 12.2. The summed E-state index contributed by atoms with van der Waals surface area (Å²) in [4.78, 5) is 15.4. The summed E-state index contributed by atoms with van der Waals surface area (Å²) in [6.45, 7) is 0.512. The lowest BCUT2D eigenvalue weighted by molar-refractivity contribution is 0.0954. The van der Waals surface area contributed by atoms with Crippen molar-refractivity contribution in [3.05, 3.63) is 53.7 Å². The van der Waals surface area contributed by atoms with Gasteiger partial charge in [-0.15, -0.1) is 0 Å². The van der Waals surface area contributed by atoms with Crippen LogP contribution in [0, 0.1) is 0 Å². The van der Waals surface area contributed by atoms with Crippen molar-refractivity contribution < 1.29 is 19.0 Å². The van der Waals surface area contributed by atoms with Crippen LogP contribution in [0.5, 0.6) is 17.2 Å². The molecule has 0 fully saturated rings. The second-order valence-corrected chi connectivity index (χ2v) is 5.75. The van der Waals surface area contributed by atoms with Crippen LogP contribution in [0.1, 0.15) is 15.9 Å². The summed E-state index contributed by atoms with van der Waals surface area (Å²) in [6, 6.07) is 11.0. The monoisotopic (exact) mass is 354 g/mol. The first-order chi connectivity index (χ1) is 12.7. The summed E-state index contributed by atoms with van der Waals surface area (Å²) in [7, 11) is 4.77. The molecule has 0 atom stereocenters. The normalized spacial score (nSPS) is 10.6. The molecular formula is C20H22N2O4. The summed E-state index contributed by atoms with van der Waals surface area (Å²) in [5, 5.41) is 3.87. The van der Waals surface area contributed by atoms with Gasteiger partial charge in [0.2, 0.25) is 5.75 Å². The van der Waals surface area contributed by atoms with Crippen LogP contribution in [0.25, 0.3) is 10.9 Å². The van der Waals surface area contributed by atoms with Gasteiger partial charge in [-0.2, -0.15) is 0 Å². The van der Waals surface area contributed by atoms with Crippen molar-refractivity contribution in [2.75, 3.05) is 27.9 Å². The van der Waals surface area contributed by atoms with E-state index in [1.165, 1.54) is 0 Å². The zero-order valence-electron chi connectivity index (χ0n) is 15.1. The highest BCUT2D eigenvalue weighted by Crippen LogP contribution is 2.44. The first kappa shape index (κ1) is 17.7. The SMILES string of the molecule is COc1cc2[nH]cc(CCNC(=O)c3ccccc3)c2c(OC)c1OC. The Labute approximate surface area is 152 Å². The van der Waals surface area contributed by atoms with E-state index in [9.17, 15) is 4.79 Å². The van der Waals surface area contributed by atoms with E-state index in [-0.39, 0.29) is 5.91 Å². The first-order valence-electron chi connectivity index (χ1n) is 8.31. The van der Waals surface area contributed by atoms with Gasteiger partial charge in [0.1, 0.15) is 0 Å². The maximum Gasteiger partial charge on any atom is 0.251 e. The third kappa shape index (κ3) is 3.31. The number of carbonyl (C=O) groups excluding carboxylic acids is 1. The molecule has 6 heteroatoms. The van der Waals surface area contributed by atoms with Crippen molar-refractivity contribution in [1.29, 1.82) is 0 Å². The molecule has 0 unspecified atom stereocenters. The van der Waals surface area contributed by atoms with E-state index in [1.807, 2.05) is 30.5 Å². The van der Waals surface area contributed by atoms with Gasteiger partial charge in [0, 0.05) is 29.8 Å². The Morgan fingerprint density at radius 3 is 2.42 bits per heavy atom. The zero-order valence-corrected chi connectivity index (χ0v) is 15.1. The predicted octanol–water partition coefficient (Wildman–Crippen LogP) is 3.17. The molecule has 0 aliphatic rings. The molecule has 2 N–H and O–H groups in total. The molecule has 1 aromatic heterocycles. The lowest BCUT2D eigenvalue weighted by Crippen LogP contribution is -2.25. The third-order valence-electron chi connectivity index (χ3n) is 4.27. The van der Waals surface area contributed by atoms with Gasteiger partial charge in [-0.05, 0) is 24.1 Å². The van der Waals surface area contributed by atoms with Crippen LogP contribution in [0.15, 0.2) is 42.6 Å². The van der Waals surface area contributed by atoms with Gasteiger partial charge in [0.15, 0.2) is 11.5 Å². The van der Waals surface area contributed by atoms with E-state index < -0.39 is 0 Å². The van der Waals surface area contributed by atoms with E-state index >= 15 is 0 Å². The van der Waals surface area contributed by atoms with Crippen molar-refractivity contribution in [1.82, 2.24) is 10.3 Å². The molecule has 136 valence electrons.